The number of carbonyl (C=O) groups excluding carboxylic acids is 2. The Hall–Kier alpha value is -2.49. The summed E-state index contributed by atoms with van der Waals surface area (Å²) in [7, 11) is 0. The number of hydrogen-bond acceptors (Lipinski definition) is 5. The molecule has 0 fully saturated rings. The normalized spacial score (nSPS) is 11.2. The van der Waals surface area contributed by atoms with E-state index in [2.05, 4.69) is 20.8 Å². The molecule has 0 aliphatic heterocycles. The van der Waals surface area contributed by atoms with Gasteiger partial charge in [-0.15, -0.1) is 10.2 Å². The first-order valence-electron chi connectivity index (χ1n) is 7.36. The van der Waals surface area contributed by atoms with Gasteiger partial charge in [0.2, 0.25) is 22.0 Å². The summed E-state index contributed by atoms with van der Waals surface area (Å²) in [5.74, 6) is -0.901. The molecule has 6 nitrogen and oxygen atoms in total. The zero-order valence-corrected chi connectivity index (χ0v) is 13.8. The van der Waals surface area contributed by atoms with Crippen LogP contribution < -0.4 is 10.6 Å². The summed E-state index contributed by atoms with van der Waals surface area (Å²) in [5, 5.41) is 9.70. The zero-order valence-electron chi connectivity index (χ0n) is 13.0. The lowest BCUT2D eigenvalue weighted by Gasteiger charge is -2.05. The molecule has 10 heteroatoms. The molecule has 0 bridgehead atoms. The summed E-state index contributed by atoms with van der Waals surface area (Å²) in [6.07, 6.45) is -4.15. The van der Waals surface area contributed by atoms with Crippen LogP contribution in [-0.2, 0) is 22.2 Å². The third kappa shape index (κ3) is 6.49. The number of carbonyl (C=O) groups is 2. The predicted octanol–water partition coefficient (Wildman–Crippen LogP) is 2.63. The van der Waals surface area contributed by atoms with Gasteiger partial charge in [0.1, 0.15) is 0 Å². The summed E-state index contributed by atoms with van der Waals surface area (Å²) in [6, 6.07) is 9.59. The number of alkyl halides is 3. The van der Waals surface area contributed by atoms with Crippen molar-refractivity contribution in [3.05, 3.63) is 40.9 Å². The number of rotatable bonds is 7. The number of halogens is 3. The van der Waals surface area contributed by atoms with Crippen LogP contribution in [0, 0.1) is 0 Å². The minimum absolute atomic E-state index is 0.0639. The standard InChI is InChI=1S/C15H15F3N4O2S/c16-15(17,18)13-21-22-14(25-13)20-12(24)7-6-11(23)19-9-8-10-4-2-1-3-5-10/h1-5H,6-9H2,(H,19,23)(H,20,22,24). The SMILES string of the molecule is O=C(CCC(=O)Nc1nnc(C(F)(F)F)s1)NCCc1ccccc1. The first-order chi connectivity index (χ1) is 11.8. The van der Waals surface area contributed by atoms with Crippen LogP contribution in [0.5, 0.6) is 0 Å². The maximum absolute atomic E-state index is 12.4. The molecule has 0 radical (unpaired) electrons. The molecule has 25 heavy (non-hydrogen) atoms. The fraction of sp³-hybridized carbons (Fsp3) is 0.333. The maximum Gasteiger partial charge on any atom is 0.445 e. The Morgan fingerprint density at radius 2 is 1.72 bits per heavy atom. The van der Waals surface area contributed by atoms with Crippen LogP contribution in [0.3, 0.4) is 0 Å². The van der Waals surface area contributed by atoms with Crippen LogP contribution in [0.25, 0.3) is 0 Å². The Balaban J connectivity index is 1.67. The Kier molecular flexibility index (Phi) is 6.45. The molecule has 0 spiro atoms. The summed E-state index contributed by atoms with van der Waals surface area (Å²) in [5.41, 5.74) is 1.08. The monoisotopic (exact) mass is 372 g/mol. The molecule has 134 valence electrons. The predicted molar refractivity (Wildman–Crippen MR) is 85.9 cm³/mol. The van der Waals surface area contributed by atoms with Crippen molar-refractivity contribution < 1.29 is 22.8 Å². The van der Waals surface area contributed by atoms with Gasteiger partial charge >= 0.3 is 6.18 Å². The van der Waals surface area contributed by atoms with Crippen LogP contribution in [-0.4, -0.2) is 28.6 Å². The van der Waals surface area contributed by atoms with Gasteiger partial charge in [0, 0.05) is 19.4 Å². The van der Waals surface area contributed by atoms with E-state index >= 15 is 0 Å². The molecule has 1 aromatic carbocycles. The lowest BCUT2D eigenvalue weighted by Crippen LogP contribution is -2.26. The van der Waals surface area contributed by atoms with E-state index < -0.39 is 17.1 Å². The average molecular weight is 372 g/mol. The molecule has 2 amide bonds. The van der Waals surface area contributed by atoms with Crippen molar-refractivity contribution in [3.8, 4) is 0 Å². The molecular weight excluding hydrogens is 357 g/mol. The lowest BCUT2D eigenvalue weighted by molar-refractivity contribution is -0.138. The maximum atomic E-state index is 12.4. The van der Waals surface area contributed by atoms with Gasteiger partial charge in [0.05, 0.1) is 0 Å². The summed E-state index contributed by atoms with van der Waals surface area (Å²) in [6.45, 7) is 0.440. The first-order valence-corrected chi connectivity index (χ1v) is 8.17. The smallest absolute Gasteiger partial charge is 0.356 e. The van der Waals surface area contributed by atoms with Gasteiger partial charge in [-0.05, 0) is 12.0 Å². The van der Waals surface area contributed by atoms with Gasteiger partial charge in [-0.3, -0.25) is 9.59 Å². The summed E-state index contributed by atoms with van der Waals surface area (Å²) in [4.78, 5) is 23.3. The highest BCUT2D eigenvalue weighted by atomic mass is 32.1. The Labute approximate surface area is 145 Å². The van der Waals surface area contributed by atoms with Gasteiger partial charge in [-0.25, -0.2) is 0 Å². The second kappa shape index (κ2) is 8.56. The number of aromatic nitrogens is 2. The highest BCUT2D eigenvalue weighted by Gasteiger charge is 2.35. The minimum Gasteiger partial charge on any atom is -0.356 e. The van der Waals surface area contributed by atoms with E-state index in [1.807, 2.05) is 30.3 Å². The van der Waals surface area contributed by atoms with Gasteiger partial charge in [0.25, 0.3) is 0 Å². The molecule has 1 aromatic heterocycles. The summed E-state index contributed by atoms with van der Waals surface area (Å²) >= 11 is 0.234. The van der Waals surface area contributed by atoms with E-state index in [0.717, 1.165) is 5.56 Å². The quantitative estimate of drug-likeness (QED) is 0.783. The molecule has 0 atom stereocenters. The number of benzene rings is 1. The molecule has 0 saturated heterocycles. The highest BCUT2D eigenvalue weighted by Crippen LogP contribution is 2.32. The molecule has 0 unspecified atom stereocenters. The van der Waals surface area contributed by atoms with Crippen molar-refractivity contribution in [3.63, 3.8) is 0 Å². The molecule has 1 heterocycles. The largest absolute Gasteiger partial charge is 0.445 e. The summed E-state index contributed by atoms with van der Waals surface area (Å²) < 4.78 is 37.1. The molecule has 0 aliphatic rings. The molecule has 2 N–H and O–H groups in total. The molecule has 2 rings (SSSR count). The first kappa shape index (κ1) is 18.8. The van der Waals surface area contributed by atoms with Gasteiger partial charge in [0.15, 0.2) is 0 Å². The van der Waals surface area contributed by atoms with Crippen molar-refractivity contribution in [1.82, 2.24) is 15.5 Å². The van der Waals surface area contributed by atoms with Crippen LogP contribution in [0.15, 0.2) is 30.3 Å². The number of anilines is 1. The van der Waals surface area contributed by atoms with Gasteiger partial charge < -0.3 is 10.6 Å². The van der Waals surface area contributed by atoms with Crippen LogP contribution in [0.4, 0.5) is 18.3 Å². The molecule has 0 saturated carbocycles. The lowest BCUT2D eigenvalue weighted by atomic mass is 10.1. The third-order valence-corrected chi connectivity index (χ3v) is 3.96. The second-order valence-corrected chi connectivity index (χ2v) is 6.02. The van der Waals surface area contributed by atoms with E-state index in [-0.39, 0.29) is 35.2 Å². The average Bonchev–Trinajstić information content (AvgIpc) is 3.03. The number of nitrogens with one attached hydrogen (secondary N) is 2. The third-order valence-electron chi connectivity index (χ3n) is 3.07. The fourth-order valence-electron chi connectivity index (χ4n) is 1.88. The van der Waals surface area contributed by atoms with Crippen molar-refractivity contribution in [1.29, 1.82) is 0 Å². The highest BCUT2D eigenvalue weighted by molar-refractivity contribution is 7.15. The minimum atomic E-state index is -4.60. The number of nitrogens with zero attached hydrogens (tertiary/aromatic N) is 2. The van der Waals surface area contributed by atoms with Gasteiger partial charge in [-0.1, -0.05) is 41.7 Å². The van der Waals surface area contributed by atoms with E-state index in [1.54, 1.807) is 0 Å². The molecular formula is C15H15F3N4O2S. The molecule has 2 aromatic rings. The van der Waals surface area contributed by atoms with E-state index in [0.29, 0.717) is 13.0 Å². The van der Waals surface area contributed by atoms with Crippen molar-refractivity contribution >= 4 is 28.3 Å². The van der Waals surface area contributed by atoms with Crippen LogP contribution in [0.1, 0.15) is 23.4 Å². The zero-order chi connectivity index (χ0) is 18.3. The topological polar surface area (TPSA) is 84.0 Å². The van der Waals surface area contributed by atoms with Crippen molar-refractivity contribution in [2.45, 2.75) is 25.4 Å². The Bertz CT molecular complexity index is 719. The molecule has 0 aliphatic carbocycles. The van der Waals surface area contributed by atoms with Crippen LogP contribution >= 0.6 is 11.3 Å². The van der Waals surface area contributed by atoms with E-state index in [1.165, 1.54) is 0 Å². The van der Waals surface area contributed by atoms with Crippen molar-refractivity contribution in [2.24, 2.45) is 0 Å². The van der Waals surface area contributed by atoms with Crippen LogP contribution in [0.2, 0.25) is 0 Å². The Morgan fingerprint density at radius 1 is 1.04 bits per heavy atom. The Morgan fingerprint density at radius 3 is 2.36 bits per heavy atom. The fourth-order valence-corrected chi connectivity index (χ4v) is 2.50. The number of hydrogen-bond donors (Lipinski definition) is 2. The second-order valence-electron chi connectivity index (χ2n) is 5.04. The van der Waals surface area contributed by atoms with E-state index in [4.69, 9.17) is 0 Å². The van der Waals surface area contributed by atoms with E-state index in [9.17, 15) is 22.8 Å². The van der Waals surface area contributed by atoms with Gasteiger partial charge in [-0.2, -0.15) is 13.2 Å². The van der Waals surface area contributed by atoms with Crippen molar-refractivity contribution in [2.75, 3.05) is 11.9 Å². The number of amides is 2.